The van der Waals surface area contributed by atoms with Crippen LogP contribution in [0.4, 0.5) is 5.13 Å². The quantitative estimate of drug-likeness (QED) is 0.936. The molecule has 1 saturated carbocycles. The second-order valence-corrected chi connectivity index (χ2v) is 6.58. The van der Waals surface area contributed by atoms with Crippen molar-refractivity contribution < 1.29 is 0 Å². The number of nitrogens with zero attached hydrogens (tertiary/aromatic N) is 5. The minimum atomic E-state index is 0.674. The van der Waals surface area contributed by atoms with Crippen LogP contribution in [0.15, 0.2) is 0 Å². The number of fused-ring (bicyclic) bond motifs is 1. The van der Waals surface area contributed by atoms with Gasteiger partial charge in [0.1, 0.15) is 10.8 Å². The summed E-state index contributed by atoms with van der Waals surface area (Å²) in [5.74, 6) is 2.83. The topological polar surface area (TPSA) is 68.5 Å². The lowest BCUT2D eigenvalue weighted by Crippen LogP contribution is -2.10. The monoisotopic (exact) mass is 290 g/mol. The second kappa shape index (κ2) is 5.12. The summed E-state index contributed by atoms with van der Waals surface area (Å²) >= 11 is 1.68. The molecule has 1 aliphatic heterocycles. The first kappa shape index (κ1) is 12.3. The average molecular weight is 290 g/mol. The molecular weight excluding hydrogens is 272 g/mol. The Morgan fingerprint density at radius 3 is 2.95 bits per heavy atom. The molecule has 0 unspecified atom stereocenters. The van der Waals surface area contributed by atoms with E-state index in [4.69, 9.17) is 0 Å². The molecule has 7 heteroatoms. The third-order valence-corrected chi connectivity index (χ3v) is 4.99. The van der Waals surface area contributed by atoms with Gasteiger partial charge >= 0.3 is 0 Å². The van der Waals surface area contributed by atoms with Gasteiger partial charge in [0.05, 0.1) is 6.54 Å². The van der Waals surface area contributed by atoms with E-state index in [1.54, 1.807) is 11.3 Å². The number of aryl methyl sites for hydroxylation is 1. The first-order valence-electron chi connectivity index (χ1n) is 7.38. The third kappa shape index (κ3) is 2.42. The zero-order valence-electron chi connectivity index (χ0n) is 11.4. The largest absolute Gasteiger partial charge is 0.353 e. The Morgan fingerprint density at radius 2 is 2.05 bits per heavy atom. The second-order valence-electron chi connectivity index (χ2n) is 5.57. The Hall–Kier alpha value is -1.50. The summed E-state index contributed by atoms with van der Waals surface area (Å²) in [7, 11) is 0. The third-order valence-electron chi connectivity index (χ3n) is 3.95. The van der Waals surface area contributed by atoms with Crippen LogP contribution >= 0.6 is 11.3 Å². The van der Waals surface area contributed by atoms with Gasteiger partial charge in [-0.05, 0) is 25.7 Å². The molecule has 0 atom stereocenters. The summed E-state index contributed by atoms with van der Waals surface area (Å²) in [5, 5.41) is 22.5. The predicted molar refractivity (Wildman–Crippen MR) is 76.8 cm³/mol. The lowest BCUT2D eigenvalue weighted by molar-refractivity contribution is 0.610. The Bertz CT molecular complexity index is 600. The lowest BCUT2D eigenvalue weighted by Gasteiger charge is -2.06. The zero-order valence-corrected chi connectivity index (χ0v) is 12.2. The minimum Gasteiger partial charge on any atom is -0.353 e. The van der Waals surface area contributed by atoms with Gasteiger partial charge < -0.3 is 9.88 Å². The van der Waals surface area contributed by atoms with Gasteiger partial charge in [-0.2, -0.15) is 0 Å². The van der Waals surface area contributed by atoms with E-state index in [0.717, 1.165) is 29.7 Å². The van der Waals surface area contributed by atoms with Crippen molar-refractivity contribution in [2.45, 2.75) is 57.5 Å². The van der Waals surface area contributed by atoms with Crippen LogP contribution in [0.3, 0.4) is 0 Å². The summed E-state index contributed by atoms with van der Waals surface area (Å²) in [5.41, 5.74) is 0. The highest BCUT2D eigenvalue weighted by Crippen LogP contribution is 2.42. The standard InChI is InChI=1S/C13H18N6S/c1-2-4-10-15-16-11(19(10)7-3-1)8-14-13-18-17-12(20-13)9-5-6-9/h9H,1-8H2,(H,14,18). The van der Waals surface area contributed by atoms with E-state index in [-0.39, 0.29) is 0 Å². The fourth-order valence-electron chi connectivity index (χ4n) is 2.63. The number of hydrogen-bond donors (Lipinski definition) is 1. The molecule has 0 bridgehead atoms. The molecule has 1 fully saturated rings. The molecule has 0 radical (unpaired) electrons. The van der Waals surface area contributed by atoms with Crippen LogP contribution in [0.2, 0.25) is 0 Å². The van der Waals surface area contributed by atoms with Crippen molar-refractivity contribution in [3.05, 3.63) is 16.7 Å². The summed E-state index contributed by atoms with van der Waals surface area (Å²) in [4.78, 5) is 0. The van der Waals surface area contributed by atoms with Crippen LogP contribution in [0.5, 0.6) is 0 Å². The van der Waals surface area contributed by atoms with E-state index >= 15 is 0 Å². The first-order valence-corrected chi connectivity index (χ1v) is 8.20. The van der Waals surface area contributed by atoms with Crippen LogP contribution in [0, 0.1) is 0 Å². The Kier molecular flexibility index (Phi) is 3.14. The molecule has 6 nitrogen and oxygen atoms in total. The molecular formula is C13H18N6S. The fraction of sp³-hybridized carbons (Fsp3) is 0.692. The molecule has 0 spiro atoms. The summed E-state index contributed by atoms with van der Waals surface area (Å²) < 4.78 is 2.27. The molecule has 2 aromatic rings. The maximum atomic E-state index is 4.32. The van der Waals surface area contributed by atoms with Crippen molar-refractivity contribution in [2.75, 3.05) is 5.32 Å². The van der Waals surface area contributed by atoms with Gasteiger partial charge in [-0.3, -0.25) is 0 Å². The zero-order chi connectivity index (χ0) is 13.4. The van der Waals surface area contributed by atoms with Crippen molar-refractivity contribution in [3.8, 4) is 0 Å². The normalized spacial score (nSPS) is 18.6. The smallest absolute Gasteiger partial charge is 0.206 e. The molecule has 20 heavy (non-hydrogen) atoms. The number of hydrogen-bond acceptors (Lipinski definition) is 6. The fourth-order valence-corrected chi connectivity index (χ4v) is 3.54. The average Bonchev–Trinajstić information content (AvgIpc) is 3.16. The first-order chi connectivity index (χ1) is 9.90. The summed E-state index contributed by atoms with van der Waals surface area (Å²) in [6.45, 7) is 1.73. The van der Waals surface area contributed by atoms with Crippen molar-refractivity contribution in [1.29, 1.82) is 0 Å². The highest BCUT2D eigenvalue weighted by Gasteiger charge is 2.27. The highest BCUT2D eigenvalue weighted by atomic mass is 32.1. The molecule has 0 saturated heterocycles. The van der Waals surface area contributed by atoms with Crippen LogP contribution in [-0.2, 0) is 19.5 Å². The number of aromatic nitrogens is 5. The van der Waals surface area contributed by atoms with E-state index in [9.17, 15) is 0 Å². The van der Waals surface area contributed by atoms with Crippen LogP contribution in [0.1, 0.15) is 54.7 Å². The molecule has 3 heterocycles. The van der Waals surface area contributed by atoms with Crippen molar-refractivity contribution in [1.82, 2.24) is 25.0 Å². The molecule has 1 N–H and O–H groups in total. The van der Waals surface area contributed by atoms with Crippen molar-refractivity contribution in [3.63, 3.8) is 0 Å². The predicted octanol–water partition coefficient (Wildman–Crippen LogP) is 2.35. The van der Waals surface area contributed by atoms with Crippen molar-refractivity contribution in [2.24, 2.45) is 0 Å². The van der Waals surface area contributed by atoms with Gasteiger partial charge in [0, 0.05) is 18.9 Å². The highest BCUT2D eigenvalue weighted by molar-refractivity contribution is 7.15. The van der Waals surface area contributed by atoms with E-state index < -0.39 is 0 Å². The van der Waals surface area contributed by atoms with Gasteiger partial charge in [0.15, 0.2) is 5.82 Å². The van der Waals surface area contributed by atoms with E-state index in [1.165, 1.54) is 37.1 Å². The van der Waals surface area contributed by atoms with Gasteiger partial charge in [0.25, 0.3) is 0 Å². The van der Waals surface area contributed by atoms with Crippen LogP contribution in [-0.4, -0.2) is 25.0 Å². The molecule has 2 aliphatic rings. The molecule has 1 aliphatic carbocycles. The summed E-state index contributed by atoms with van der Waals surface area (Å²) in [6, 6.07) is 0. The number of nitrogens with one attached hydrogen (secondary N) is 1. The molecule has 106 valence electrons. The Labute approximate surface area is 121 Å². The minimum absolute atomic E-state index is 0.674. The SMILES string of the molecule is C1CCc2nnc(CNc3nnc(C4CC4)s3)n2CC1. The lowest BCUT2D eigenvalue weighted by atomic mass is 10.2. The van der Waals surface area contributed by atoms with Crippen molar-refractivity contribution >= 4 is 16.5 Å². The molecule has 0 amide bonds. The van der Waals surface area contributed by atoms with Gasteiger partial charge in [-0.1, -0.05) is 17.8 Å². The molecule has 0 aromatic carbocycles. The summed E-state index contributed by atoms with van der Waals surface area (Å²) in [6.07, 6.45) is 7.34. The van der Waals surface area contributed by atoms with Crippen LogP contribution < -0.4 is 5.32 Å². The number of rotatable bonds is 4. The Morgan fingerprint density at radius 1 is 1.10 bits per heavy atom. The van der Waals surface area contributed by atoms with Gasteiger partial charge in [-0.25, -0.2) is 0 Å². The number of anilines is 1. The molecule has 4 rings (SSSR count). The van der Waals surface area contributed by atoms with Gasteiger partial charge in [0.2, 0.25) is 5.13 Å². The van der Waals surface area contributed by atoms with Crippen LogP contribution in [0.25, 0.3) is 0 Å². The maximum Gasteiger partial charge on any atom is 0.206 e. The Balaban J connectivity index is 1.44. The van der Waals surface area contributed by atoms with E-state index in [2.05, 4.69) is 30.3 Å². The van der Waals surface area contributed by atoms with E-state index in [1.807, 2.05) is 0 Å². The van der Waals surface area contributed by atoms with Gasteiger partial charge in [-0.15, -0.1) is 20.4 Å². The maximum absolute atomic E-state index is 4.32. The van der Waals surface area contributed by atoms with E-state index in [0.29, 0.717) is 12.5 Å². The molecule has 2 aromatic heterocycles.